The second-order valence-electron chi connectivity index (χ2n) is 4.02. The average Bonchev–Trinajstić information content (AvgIpc) is 2.43. The standard InChI is InChI=1S/C10H16Br2N2O4S2/c11-9-19(15,16)13-5-1-2-6-14(8-4-3-7-13)20(17,18)10-12/h1-4H,5-10H2/b2-1-,4-3-. The monoisotopic (exact) mass is 450 g/mol. The van der Waals surface area contributed by atoms with Gasteiger partial charge in [0, 0.05) is 26.2 Å². The Morgan fingerprint density at radius 2 is 0.950 bits per heavy atom. The maximum Gasteiger partial charge on any atom is 0.224 e. The highest BCUT2D eigenvalue weighted by atomic mass is 79.9. The summed E-state index contributed by atoms with van der Waals surface area (Å²) in [7, 11) is -6.65. The van der Waals surface area contributed by atoms with E-state index in [0.717, 1.165) is 0 Å². The quantitative estimate of drug-likeness (QED) is 0.473. The van der Waals surface area contributed by atoms with Gasteiger partial charge in [-0.2, -0.15) is 8.61 Å². The average molecular weight is 452 g/mol. The van der Waals surface area contributed by atoms with Gasteiger partial charge in [0.25, 0.3) is 0 Å². The molecule has 20 heavy (non-hydrogen) atoms. The van der Waals surface area contributed by atoms with Gasteiger partial charge >= 0.3 is 0 Å². The van der Waals surface area contributed by atoms with Crippen molar-refractivity contribution >= 4 is 51.9 Å². The van der Waals surface area contributed by atoms with E-state index in [1.54, 1.807) is 24.3 Å². The normalized spacial score (nSPS) is 23.3. The van der Waals surface area contributed by atoms with E-state index in [9.17, 15) is 16.8 Å². The molecule has 0 aromatic heterocycles. The molecule has 116 valence electrons. The first kappa shape index (κ1) is 18.3. The Balaban J connectivity index is 2.85. The third kappa shape index (κ3) is 5.23. The van der Waals surface area contributed by atoms with Gasteiger partial charge in [0.15, 0.2) is 0 Å². The summed E-state index contributed by atoms with van der Waals surface area (Å²) < 4.78 is 49.5. The van der Waals surface area contributed by atoms with Crippen molar-refractivity contribution in [3.05, 3.63) is 24.3 Å². The third-order valence-electron chi connectivity index (χ3n) is 2.63. The zero-order valence-corrected chi connectivity index (χ0v) is 15.5. The topological polar surface area (TPSA) is 74.8 Å². The van der Waals surface area contributed by atoms with Crippen LogP contribution in [0.25, 0.3) is 0 Å². The van der Waals surface area contributed by atoms with Crippen LogP contribution >= 0.6 is 31.9 Å². The Bertz CT molecular complexity index is 504. The maximum atomic E-state index is 11.8. The summed E-state index contributed by atoms with van der Waals surface area (Å²) in [5.74, 6) is 0. The van der Waals surface area contributed by atoms with Crippen molar-refractivity contribution in [3.8, 4) is 0 Å². The number of nitrogens with zero attached hydrogens (tertiary/aromatic N) is 2. The fraction of sp³-hybridized carbons (Fsp3) is 0.600. The molecular formula is C10H16Br2N2O4S2. The van der Waals surface area contributed by atoms with Crippen molar-refractivity contribution in [2.45, 2.75) is 0 Å². The first-order chi connectivity index (χ1) is 9.33. The van der Waals surface area contributed by atoms with Gasteiger partial charge in [-0.05, 0) is 0 Å². The lowest BCUT2D eigenvalue weighted by Crippen LogP contribution is -2.35. The molecule has 1 aliphatic rings. The van der Waals surface area contributed by atoms with Crippen LogP contribution in [0.5, 0.6) is 0 Å². The molecule has 0 unspecified atom stereocenters. The van der Waals surface area contributed by atoms with Gasteiger partial charge in [-0.3, -0.25) is 0 Å². The third-order valence-corrected chi connectivity index (χ3v) is 8.82. The highest BCUT2D eigenvalue weighted by Gasteiger charge is 2.20. The highest BCUT2D eigenvalue weighted by Crippen LogP contribution is 2.09. The van der Waals surface area contributed by atoms with Crippen LogP contribution < -0.4 is 0 Å². The van der Waals surface area contributed by atoms with Crippen LogP contribution in [0.2, 0.25) is 0 Å². The van der Waals surface area contributed by atoms with Gasteiger partial charge in [-0.15, -0.1) is 0 Å². The predicted molar refractivity (Wildman–Crippen MR) is 86.9 cm³/mol. The van der Waals surface area contributed by atoms with Crippen LogP contribution in [0.15, 0.2) is 24.3 Å². The number of halogens is 2. The van der Waals surface area contributed by atoms with E-state index in [0.29, 0.717) is 0 Å². The molecule has 0 aromatic rings. The van der Waals surface area contributed by atoms with Crippen LogP contribution in [0.3, 0.4) is 0 Å². The minimum Gasteiger partial charge on any atom is -0.211 e. The van der Waals surface area contributed by atoms with Crippen LogP contribution in [0.1, 0.15) is 0 Å². The van der Waals surface area contributed by atoms with Gasteiger partial charge < -0.3 is 0 Å². The SMILES string of the molecule is O=S(=O)(CBr)N1C/C=C\CN(S(=O)(=O)CBr)C/C=C\C1. The summed E-state index contributed by atoms with van der Waals surface area (Å²) in [6, 6.07) is 0. The molecule has 0 fully saturated rings. The van der Waals surface area contributed by atoms with E-state index in [1.165, 1.54) is 8.61 Å². The summed E-state index contributed by atoms with van der Waals surface area (Å²) in [5, 5.41) is 0. The van der Waals surface area contributed by atoms with Gasteiger partial charge in [0.2, 0.25) is 20.0 Å². The van der Waals surface area contributed by atoms with E-state index in [4.69, 9.17) is 0 Å². The molecule has 1 aliphatic heterocycles. The summed E-state index contributed by atoms with van der Waals surface area (Å²) >= 11 is 5.92. The fourth-order valence-electron chi connectivity index (χ4n) is 1.51. The number of rotatable bonds is 4. The number of sulfonamides is 2. The van der Waals surface area contributed by atoms with E-state index < -0.39 is 20.0 Å². The van der Waals surface area contributed by atoms with Crippen molar-refractivity contribution in [3.63, 3.8) is 0 Å². The van der Waals surface area contributed by atoms with Gasteiger partial charge in [0.05, 0.1) is 0 Å². The van der Waals surface area contributed by atoms with E-state index >= 15 is 0 Å². The number of hydrogen-bond acceptors (Lipinski definition) is 4. The molecule has 0 atom stereocenters. The zero-order chi connectivity index (χ0) is 15.2. The van der Waals surface area contributed by atoms with Crippen LogP contribution in [0, 0.1) is 0 Å². The summed E-state index contributed by atoms with van der Waals surface area (Å²) in [6.07, 6.45) is 6.65. The van der Waals surface area contributed by atoms with Crippen molar-refractivity contribution in [2.75, 3.05) is 35.5 Å². The van der Waals surface area contributed by atoms with E-state index in [1.807, 2.05) is 0 Å². The smallest absolute Gasteiger partial charge is 0.211 e. The predicted octanol–water partition coefficient (Wildman–Crippen LogP) is 1.08. The molecule has 0 radical (unpaired) electrons. The zero-order valence-electron chi connectivity index (χ0n) is 10.7. The van der Waals surface area contributed by atoms with Crippen molar-refractivity contribution in [1.29, 1.82) is 0 Å². The van der Waals surface area contributed by atoms with Crippen LogP contribution in [-0.2, 0) is 20.0 Å². The molecular weight excluding hydrogens is 436 g/mol. The largest absolute Gasteiger partial charge is 0.224 e. The second kappa shape index (κ2) is 8.04. The lowest BCUT2D eigenvalue weighted by atomic mass is 10.4. The van der Waals surface area contributed by atoms with E-state index in [-0.39, 0.29) is 35.5 Å². The molecule has 10 heteroatoms. The van der Waals surface area contributed by atoms with Gasteiger partial charge in [-0.1, -0.05) is 56.2 Å². The van der Waals surface area contributed by atoms with E-state index in [2.05, 4.69) is 31.9 Å². The Labute approximate surface area is 136 Å². The molecule has 0 aliphatic carbocycles. The Hall–Kier alpha value is 0.260. The summed E-state index contributed by atoms with van der Waals surface area (Å²) in [4.78, 5) is 0. The Morgan fingerprint density at radius 3 is 1.15 bits per heavy atom. The number of hydrogen-bond donors (Lipinski definition) is 0. The van der Waals surface area contributed by atoms with Gasteiger partial charge in [0.1, 0.15) is 9.32 Å². The lowest BCUT2D eigenvalue weighted by Gasteiger charge is -2.21. The van der Waals surface area contributed by atoms with Crippen molar-refractivity contribution < 1.29 is 16.8 Å². The van der Waals surface area contributed by atoms with Crippen molar-refractivity contribution in [1.82, 2.24) is 8.61 Å². The minimum absolute atomic E-state index is 0.133. The maximum absolute atomic E-state index is 11.8. The Kier molecular flexibility index (Phi) is 7.36. The summed E-state index contributed by atoms with van der Waals surface area (Å²) in [6.45, 7) is 0.891. The first-order valence-electron chi connectivity index (χ1n) is 5.71. The first-order valence-corrected chi connectivity index (χ1v) is 11.2. The van der Waals surface area contributed by atoms with Crippen molar-refractivity contribution in [2.24, 2.45) is 0 Å². The molecule has 0 spiro atoms. The van der Waals surface area contributed by atoms with Gasteiger partial charge in [-0.25, -0.2) is 16.8 Å². The molecule has 1 rings (SSSR count). The molecule has 0 saturated carbocycles. The molecule has 0 saturated heterocycles. The molecule has 6 nitrogen and oxygen atoms in total. The minimum atomic E-state index is -3.33. The van der Waals surface area contributed by atoms with Crippen LogP contribution in [0.4, 0.5) is 0 Å². The molecule has 0 N–H and O–H groups in total. The molecule has 0 aromatic carbocycles. The summed E-state index contributed by atoms with van der Waals surface area (Å²) in [5.41, 5.74) is 0. The molecule has 0 bridgehead atoms. The highest BCUT2D eigenvalue weighted by molar-refractivity contribution is 9.11. The molecule has 0 amide bonds. The second-order valence-corrected chi connectivity index (χ2v) is 10.6. The Morgan fingerprint density at radius 1 is 0.700 bits per heavy atom. The number of alkyl halides is 2. The van der Waals surface area contributed by atoms with Crippen LogP contribution in [-0.4, -0.2) is 60.9 Å². The lowest BCUT2D eigenvalue weighted by molar-refractivity contribution is 0.462. The fourth-order valence-corrected chi connectivity index (χ4v) is 4.78. The molecule has 1 heterocycles.